The van der Waals surface area contributed by atoms with E-state index in [0.29, 0.717) is 19.0 Å². The molecule has 26 heavy (non-hydrogen) atoms. The van der Waals surface area contributed by atoms with Gasteiger partial charge in [0.1, 0.15) is 0 Å². The van der Waals surface area contributed by atoms with Gasteiger partial charge in [-0.3, -0.25) is 9.69 Å². The summed E-state index contributed by atoms with van der Waals surface area (Å²) in [6.45, 7) is 4.99. The minimum absolute atomic E-state index is 0.125. The van der Waals surface area contributed by atoms with Crippen molar-refractivity contribution in [2.24, 2.45) is 5.92 Å². The highest BCUT2D eigenvalue weighted by atomic mass is 16.5. The zero-order valence-corrected chi connectivity index (χ0v) is 15.3. The number of amides is 1. The summed E-state index contributed by atoms with van der Waals surface area (Å²) in [5, 5.41) is 3.02. The van der Waals surface area contributed by atoms with E-state index in [0.717, 1.165) is 57.4 Å². The number of para-hydroxylation sites is 2. The number of benzene rings is 1. The van der Waals surface area contributed by atoms with Crippen molar-refractivity contribution in [3.05, 3.63) is 30.6 Å². The second-order valence-electron chi connectivity index (χ2n) is 7.54. The molecule has 2 aliphatic heterocycles. The van der Waals surface area contributed by atoms with E-state index in [1.807, 2.05) is 12.4 Å². The normalized spacial score (nSPS) is 22.1. The van der Waals surface area contributed by atoms with Crippen molar-refractivity contribution in [1.82, 2.24) is 19.8 Å². The third-order valence-corrected chi connectivity index (χ3v) is 5.61. The first kappa shape index (κ1) is 17.5. The lowest BCUT2D eigenvalue weighted by atomic mass is 9.96. The van der Waals surface area contributed by atoms with Crippen molar-refractivity contribution in [2.75, 3.05) is 32.8 Å². The zero-order valence-electron chi connectivity index (χ0n) is 15.3. The van der Waals surface area contributed by atoms with Crippen molar-refractivity contribution in [3.63, 3.8) is 0 Å². The number of ether oxygens (including phenoxy) is 1. The van der Waals surface area contributed by atoms with Crippen LogP contribution in [0.4, 0.5) is 0 Å². The Morgan fingerprint density at radius 2 is 2.08 bits per heavy atom. The van der Waals surface area contributed by atoms with Gasteiger partial charge in [-0.2, -0.15) is 0 Å². The fraction of sp³-hybridized carbons (Fsp3) is 0.600. The van der Waals surface area contributed by atoms with E-state index in [9.17, 15) is 4.79 Å². The first-order chi connectivity index (χ1) is 12.8. The molecule has 6 heteroatoms. The summed E-state index contributed by atoms with van der Waals surface area (Å²) >= 11 is 0. The maximum absolute atomic E-state index is 12.1. The fourth-order valence-corrected chi connectivity index (χ4v) is 4.05. The molecule has 6 nitrogen and oxygen atoms in total. The summed E-state index contributed by atoms with van der Waals surface area (Å²) in [5.74, 6) is 0.776. The van der Waals surface area contributed by atoms with E-state index < -0.39 is 0 Å². The molecular weight excluding hydrogens is 328 g/mol. The molecule has 0 aliphatic carbocycles. The zero-order chi connectivity index (χ0) is 17.8. The summed E-state index contributed by atoms with van der Waals surface area (Å²) < 4.78 is 7.82. The molecule has 0 radical (unpaired) electrons. The monoisotopic (exact) mass is 356 g/mol. The number of aromatic nitrogens is 2. The molecular formula is C20H28N4O2. The number of carbonyl (C=O) groups excluding carboxylic acids is 1. The van der Waals surface area contributed by atoms with Crippen LogP contribution in [0.25, 0.3) is 11.0 Å². The maximum Gasteiger partial charge on any atom is 0.234 e. The topological polar surface area (TPSA) is 59.4 Å². The Hall–Kier alpha value is -1.92. The molecule has 2 aliphatic rings. The summed E-state index contributed by atoms with van der Waals surface area (Å²) in [4.78, 5) is 18.9. The standard InChI is InChI=1S/C20H28N4O2/c25-20(21-12-17-4-3-11-26-17)14-23-9-7-16(8-10-23)13-24-15-22-18-5-1-2-6-19(18)24/h1-2,5-6,15-17H,3-4,7-14H2,(H,21,25)/t17-/m1/s1. The SMILES string of the molecule is O=C(CN1CCC(Cn2cnc3ccccc32)CC1)NC[C@H]1CCCO1. The first-order valence-corrected chi connectivity index (χ1v) is 9.78. The average Bonchev–Trinajstić information content (AvgIpc) is 3.32. The van der Waals surface area contributed by atoms with Crippen LogP contribution >= 0.6 is 0 Å². The summed E-state index contributed by atoms with van der Waals surface area (Å²) in [6, 6.07) is 8.29. The number of rotatable bonds is 6. The molecule has 140 valence electrons. The average molecular weight is 356 g/mol. The molecule has 3 heterocycles. The molecule has 2 aromatic rings. The van der Waals surface area contributed by atoms with E-state index >= 15 is 0 Å². The molecule has 1 amide bonds. The lowest BCUT2D eigenvalue weighted by Gasteiger charge is -2.31. The van der Waals surface area contributed by atoms with Crippen LogP contribution in [0, 0.1) is 5.92 Å². The molecule has 1 atom stereocenters. The molecule has 2 fully saturated rings. The number of nitrogens with one attached hydrogen (secondary N) is 1. The molecule has 1 aromatic carbocycles. The van der Waals surface area contributed by atoms with E-state index in [4.69, 9.17) is 4.74 Å². The number of carbonyl (C=O) groups is 1. The number of likely N-dealkylation sites (tertiary alicyclic amines) is 1. The molecule has 2 saturated heterocycles. The molecule has 4 rings (SSSR count). The van der Waals surface area contributed by atoms with Gasteiger partial charge in [-0.1, -0.05) is 12.1 Å². The predicted molar refractivity (Wildman–Crippen MR) is 101 cm³/mol. The van der Waals surface area contributed by atoms with Crippen LogP contribution in [0.5, 0.6) is 0 Å². The highest BCUT2D eigenvalue weighted by Crippen LogP contribution is 2.21. The predicted octanol–water partition coefficient (Wildman–Crippen LogP) is 2.04. The number of nitrogens with zero attached hydrogens (tertiary/aromatic N) is 3. The highest BCUT2D eigenvalue weighted by molar-refractivity contribution is 5.78. The van der Waals surface area contributed by atoms with Crippen molar-refractivity contribution < 1.29 is 9.53 Å². The quantitative estimate of drug-likeness (QED) is 0.861. The van der Waals surface area contributed by atoms with Gasteiger partial charge >= 0.3 is 0 Å². The third-order valence-electron chi connectivity index (χ3n) is 5.61. The Morgan fingerprint density at radius 3 is 2.88 bits per heavy atom. The van der Waals surface area contributed by atoms with Gasteiger partial charge in [-0.25, -0.2) is 4.98 Å². The van der Waals surface area contributed by atoms with Crippen molar-refractivity contribution in [3.8, 4) is 0 Å². The lowest BCUT2D eigenvalue weighted by molar-refractivity contribution is -0.123. The third kappa shape index (κ3) is 4.24. The van der Waals surface area contributed by atoms with Gasteiger partial charge in [0.15, 0.2) is 0 Å². The van der Waals surface area contributed by atoms with Gasteiger partial charge in [-0.15, -0.1) is 0 Å². The van der Waals surface area contributed by atoms with E-state index in [1.54, 1.807) is 0 Å². The van der Waals surface area contributed by atoms with Gasteiger partial charge in [0.25, 0.3) is 0 Å². The largest absolute Gasteiger partial charge is 0.376 e. The van der Waals surface area contributed by atoms with Gasteiger partial charge < -0.3 is 14.6 Å². The van der Waals surface area contributed by atoms with Crippen LogP contribution in [0.15, 0.2) is 30.6 Å². The minimum Gasteiger partial charge on any atom is -0.376 e. The van der Waals surface area contributed by atoms with Crippen LogP contribution in [0.2, 0.25) is 0 Å². The smallest absolute Gasteiger partial charge is 0.234 e. The van der Waals surface area contributed by atoms with Crippen LogP contribution in [0.1, 0.15) is 25.7 Å². The number of fused-ring (bicyclic) bond motifs is 1. The van der Waals surface area contributed by atoms with Crippen molar-refractivity contribution in [1.29, 1.82) is 0 Å². The minimum atomic E-state index is 0.125. The number of hydrogen-bond acceptors (Lipinski definition) is 4. The molecule has 0 bridgehead atoms. The summed E-state index contributed by atoms with van der Waals surface area (Å²) in [7, 11) is 0. The van der Waals surface area contributed by atoms with Gasteiger partial charge in [0, 0.05) is 19.7 Å². The number of hydrogen-bond donors (Lipinski definition) is 1. The van der Waals surface area contributed by atoms with Gasteiger partial charge in [0.05, 0.1) is 30.0 Å². The second-order valence-corrected chi connectivity index (χ2v) is 7.54. The van der Waals surface area contributed by atoms with E-state index in [1.165, 1.54) is 5.52 Å². The second kappa shape index (κ2) is 8.18. The van der Waals surface area contributed by atoms with Crippen LogP contribution in [-0.4, -0.2) is 59.2 Å². The Morgan fingerprint density at radius 1 is 1.23 bits per heavy atom. The Bertz CT molecular complexity index is 730. The summed E-state index contributed by atoms with van der Waals surface area (Å²) in [5.41, 5.74) is 2.27. The van der Waals surface area contributed by atoms with E-state index in [2.05, 4.69) is 38.0 Å². The van der Waals surface area contributed by atoms with Crippen LogP contribution in [0.3, 0.4) is 0 Å². The Kier molecular flexibility index (Phi) is 5.51. The number of imidazole rings is 1. The van der Waals surface area contributed by atoms with Crippen LogP contribution < -0.4 is 5.32 Å². The Labute approximate surface area is 154 Å². The van der Waals surface area contributed by atoms with Gasteiger partial charge in [-0.05, 0) is 56.8 Å². The Balaban J connectivity index is 1.20. The molecule has 0 spiro atoms. The lowest BCUT2D eigenvalue weighted by Crippen LogP contribution is -2.43. The molecule has 0 unspecified atom stereocenters. The summed E-state index contributed by atoms with van der Waals surface area (Å²) in [6.07, 6.45) is 6.61. The van der Waals surface area contributed by atoms with Crippen LogP contribution in [-0.2, 0) is 16.1 Å². The maximum atomic E-state index is 12.1. The van der Waals surface area contributed by atoms with Crippen molar-refractivity contribution in [2.45, 2.75) is 38.3 Å². The molecule has 1 N–H and O–H groups in total. The first-order valence-electron chi connectivity index (χ1n) is 9.78. The molecule has 0 saturated carbocycles. The van der Waals surface area contributed by atoms with Crippen molar-refractivity contribution >= 4 is 16.9 Å². The fourth-order valence-electron chi connectivity index (χ4n) is 4.05. The van der Waals surface area contributed by atoms with E-state index in [-0.39, 0.29) is 12.0 Å². The van der Waals surface area contributed by atoms with Gasteiger partial charge in [0.2, 0.25) is 5.91 Å². The molecule has 1 aromatic heterocycles. The highest BCUT2D eigenvalue weighted by Gasteiger charge is 2.22. The number of piperidine rings is 1.